The number of ether oxygens (including phenoxy) is 1. The number of hydrogen-bond donors (Lipinski definition) is 1. The van der Waals surface area contributed by atoms with E-state index in [4.69, 9.17) is 16.3 Å². The molecule has 1 N–H and O–H groups in total. The van der Waals surface area contributed by atoms with Gasteiger partial charge in [-0.2, -0.15) is 0 Å². The van der Waals surface area contributed by atoms with Gasteiger partial charge in [-0.05, 0) is 36.5 Å². The van der Waals surface area contributed by atoms with Gasteiger partial charge in [0.25, 0.3) is 0 Å². The van der Waals surface area contributed by atoms with E-state index in [0.29, 0.717) is 0 Å². The van der Waals surface area contributed by atoms with Crippen LogP contribution in [0.5, 0.6) is 0 Å². The van der Waals surface area contributed by atoms with E-state index in [1.165, 1.54) is 0 Å². The third kappa shape index (κ3) is 5.82. The van der Waals surface area contributed by atoms with E-state index >= 15 is 0 Å². The van der Waals surface area contributed by atoms with Crippen molar-refractivity contribution in [1.29, 1.82) is 0 Å². The molecule has 0 saturated carbocycles. The van der Waals surface area contributed by atoms with Crippen LogP contribution in [0.2, 0.25) is 5.02 Å². The SMILES string of the molecule is COCCC(C)(C)CNC(C)c1ccc(Br)cc1Cl. The molecule has 0 amide bonds. The summed E-state index contributed by atoms with van der Waals surface area (Å²) in [6.07, 6.45) is 1.04. The van der Waals surface area contributed by atoms with Gasteiger partial charge in [-0.25, -0.2) is 0 Å². The number of benzene rings is 1. The third-order valence-corrected chi connectivity index (χ3v) is 4.12. The lowest BCUT2D eigenvalue weighted by molar-refractivity contribution is 0.149. The Morgan fingerprint density at radius 2 is 2.11 bits per heavy atom. The van der Waals surface area contributed by atoms with Gasteiger partial charge < -0.3 is 10.1 Å². The van der Waals surface area contributed by atoms with Crippen LogP contribution in [-0.4, -0.2) is 20.3 Å². The normalized spacial score (nSPS) is 13.6. The zero-order valence-electron chi connectivity index (χ0n) is 12.1. The second-order valence-electron chi connectivity index (χ2n) is 5.68. The minimum absolute atomic E-state index is 0.214. The highest BCUT2D eigenvalue weighted by Crippen LogP contribution is 2.27. The smallest absolute Gasteiger partial charge is 0.0467 e. The van der Waals surface area contributed by atoms with Gasteiger partial charge >= 0.3 is 0 Å². The molecule has 0 saturated heterocycles. The van der Waals surface area contributed by atoms with Gasteiger partial charge in [0.2, 0.25) is 0 Å². The first kappa shape index (κ1) is 17.0. The van der Waals surface area contributed by atoms with Crippen molar-refractivity contribution in [2.45, 2.75) is 33.2 Å². The lowest BCUT2D eigenvalue weighted by atomic mass is 9.89. The molecule has 0 aliphatic carbocycles. The molecule has 4 heteroatoms. The van der Waals surface area contributed by atoms with Crippen LogP contribution in [0.4, 0.5) is 0 Å². The molecule has 1 aromatic rings. The molecule has 2 nitrogen and oxygen atoms in total. The average molecular weight is 349 g/mol. The predicted octanol–water partition coefficient (Wildman–Crippen LogP) is 4.82. The molecular formula is C15H23BrClNO. The summed E-state index contributed by atoms with van der Waals surface area (Å²) >= 11 is 9.69. The number of hydrogen-bond acceptors (Lipinski definition) is 2. The van der Waals surface area contributed by atoms with Gasteiger partial charge in [0.15, 0.2) is 0 Å². The Bertz CT molecular complexity index is 409. The third-order valence-electron chi connectivity index (χ3n) is 3.30. The molecule has 0 radical (unpaired) electrons. The van der Waals surface area contributed by atoms with E-state index in [0.717, 1.165) is 34.6 Å². The van der Waals surface area contributed by atoms with Crippen LogP contribution in [-0.2, 0) is 4.74 Å². The first-order valence-corrected chi connectivity index (χ1v) is 7.70. The Balaban J connectivity index is 2.57. The van der Waals surface area contributed by atoms with Gasteiger partial charge in [0.1, 0.15) is 0 Å². The molecule has 0 bridgehead atoms. The van der Waals surface area contributed by atoms with Crippen LogP contribution in [0.3, 0.4) is 0 Å². The largest absolute Gasteiger partial charge is 0.385 e. The van der Waals surface area contributed by atoms with Crippen molar-refractivity contribution in [3.63, 3.8) is 0 Å². The summed E-state index contributed by atoms with van der Waals surface area (Å²) in [5.41, 5.74) is 1.35. The summed E-state index contributed by atoms with van der Waals surface area (Å²) in [5.74, 6) is 0. The molecule has 1 unspecified atom stereocenters. The zero-order valence-corrected chi connectivity index (χ0v) is 14.4. The second kappa shape index (κ2) is 7.63. The van der Waals surface area contributed by atoms with Crippen molar-refractivity contribution in [3.05, 3.63) is 33.3 Å². The summed E-state index contributed by atoms with van der Waals surface area (Å²) in [6, 6.07) is 6.26. The molecule has 108 valence electrons. The number of nitrogens with one attached hydrogen (secondary N) is 1. The van der Waals surface area contributed by atoms with Crippen LogP contribution in [0, 0.1) is 5.41 Å². The Morgan fingerprint density at radius 3 is 2.68 bits per heavy atom. The number of rotatable bonds is 7. The van der Waals surface area contributed by atoms with Gasteiger partial charge in [-0.15, -0.1) is 0 Å². The van der Waals surface area contributed by atoms with Crippen LogP contribution in [0.15, 0.2) is 22.7 Å². The highest BCUT2D eigenvalue weighted by molar-refractivity contribution is 9.10. The minimum atomic E-state index is 0.214. The Kier molecular flexibility index (Phi) is 6.81. The molecule has 19 heavy (non-hydrogen) atoms. The number of halogens is 2. The van der Waals surface area contributed by atoms with Crippen molar-refractivity contribution in [1.82, 2.24) is 5.32 Å². The highest BCUT2D eigenvalue weighted by Gasteiger charge is 2.19. The van der Waals surface area contributed by atoms with E-state index in [2.05, 4.69) is 48.1 Å². The molecule has 0 heterocycles. The monoisotopic (exact) mass is 347 g/mol. The molecule has 0 aromatic heterocycles. The Labute approximate surface area is 130 Å². The summed E-state index contributed by atoms with van der Waals surface area (Å²) in [6.45, 7) is 8.36. The molecule has 0 fully saturated rings. The van der Waals surface area contributed by atoms with E-state index in [1.54, 1.807) is 7.11 Å². The average Bonchev–Trinajstić information content (AvgIpc) is 2.34. The Hall–Kier alpha value is -0.0900. The van der Waals surface area contributed by atoms with Gasteiger partial charge in [0, 0.05) is 35.8 Å². The van der Waals surface area contributed by atoms with Crippen LogP contribution < -0.4 is 5.32 Å². The zero-order chi connectivity index (χ0) is 14.5. The predicted molar refractivity (Wildman–Crippen MR) is 85.8 cm³/mol. The number of methoxy groups -OCH3 is 1. The van der Waals surface area contributed by atoms with Crippen molar-refractivity contribution in [2.24, 2.45) is 5.41 Å². The molecule has 0 aliphatic rings. The van der Waals surface area contributed by atoms with E-state index in [9.17, 15) is 0 Å². The second-order valence-corrected chi connectivity index (χ2v) is 7.00. The van der Waals surface area contributed by atoms with E-state index < -0.39 is 0 Å². The standard InChI is InChI=1S/C15H23BrClNO/c1-11(13-6-5-12(16)9-14(13)17)18-10-15(2,3)7-8-19-4/h5-6,9,11,18H,7-8,10H2,1-4H3. The van der Waals surface area contributed by atoms with Crippen LogP contribution in [0.1, 0.15) is 38.8 Å². The summed E-state index contributed by atoms with van der Waals surface area (Å²) in [4.78, 5) is 0. The van der Waals surface area contributed by atoms with E-state index in [-0.39, 0.29) is 11.5 Å². The van der Waals surface area contributed by atoms with Crippen molar-refractivity contribution in [2.75, 3.05) is 20.3 Å². The molecule has 0 spiro atoms. The fourth-order valence-corrected chi connectivity index (χ4v) is 2.70. The van der Waals surface area contributed by atoms with Gasteiger partial charge in [0.05, 0.1) is 0 Å². The fourth-order valence-electron chi connectivity index (χ4n) is 1.86. The van der Waals surface area contributed by atoms with Crippen LogP contribution >= 0.6 is 27.5 Å². The molecule has 1 aromatic carbocycles. The maximum absolute atomic E-state index is 6.27. The lowest BCUT2D eigenvalue weighted by Gasteiger charge is -2.27. The topological polar surface area (TPSA) is 21.3 Å². The first-order chi connectivity index (χ1) is 8.85. The van der Waals surface area contributed by atoms with Crippen LogP contribution in [0.25, 0.3) is 0 Å². The fraction of sp³-hybridized carbons (Fsp3) is 0.600. The summed E-state index contributed by atoms with van der Waals surface area (Å²) in [7, 11) is 1.74. The van der Waals surface area contributed by atoms with E-state index in [1.807, 2.05) is 12.1 Å². The highest BCUT2D eigenvalue weighted by atomic mass is 79.9. The quantitative estimate of drug-likeness (QED) is 0.763. The van der Waals surface area contributed by atoms with Gasteiger partial charge in [-0.3, -0.25) is 0 Å². The molecule has 1 atom stereocenters. The summed E-state index contributed by atoms with van der Waals surface area (Å²) < 4.78 is 6.16. The van der Waals surface area contributed by atoms with Crippen molar-refractivity contribution in [3.8, 4) is 0 Å². The molecular weight excluding hydrogens is 326 g/mol. The minimum Gasteiger partial charge on any atom is -0.385 e. The molecule has 0 aliphatic heterocycles. The van der Waals surface area contributed by atoms with Crippen molar-refractivity contribution >= 4 is 27.5 Å². The first-order valence-electron chi connectivity index (χ1n) is 6.53. The lowest BCUT2D eigenvalue weighted by Crippen LogP contribution is -2.32. The Morgan fingerprint density at radius 1 is 1.42 bits per heavy atom. The van der Waals surface area contributed by atoms with Crippen molar-refractivity contribution < 1.29 is 4.74 Å². The maximum atomic E-state index is 6.27. The maximum Gasteiger partial charge on any atom is 0.0467 e. The van der Waals surface area contributed by atoms with Gasteiger partial charge in [-0.1, -0.05) is 47.4 Å². The molecule has 1 rings (SSSR count). The summed E-state index contributed by atoms with van der Waals surface area (Å²) in [5, 5.41) is 4.35.